The fourth-order valence-corrected chi connectivity index (χ4v) is 2.23. The van der Waals surface area contributed by atoms with Crippen LogP contribution in [0.15, 0.2) is 45.9 Å². The van der Waals surface area contributed by atoms with E-state index < -0.39 is 5.97 Å². The number of benzene rings is 1. The van der Waals surface area contributed by atoms with Crippen LogP contribution in [0.25, 0.3) is 0 Å². The largest absolute Gasteiger partial charge is 0.497 e. The van der Waals surface area contributed by atoms with Crippen LogP contribution in [-0.4, -0.2) is 18.2 Å². The maximum Gasteiger partial charge on any atom is 0.371 e. The summed E-state index contributed by atoms with van der Waals surface area (Å²) in [5, 5.41) is 9.32. The van der Waals surface area contributed by atoms with Gasteiger partial charge in [-0.15, -0.1) is 0 Å². The number of carboxylic acid groups (broad SMARTS) is 1. The van der Waals surface area contributed by atoms with E-state index in [2.05, 4.69) is 0 Å². The summed E-state index contributed by atoms with van der Waals surface area (Å²) >= 11 is 1.45. The van der Waals surface area contributed by atoms with Crippen molar-refractivity contribution in [2.75, 3.05) is 7.11 Å². The molecule has 0 fully saturated rings. The van der Waals surface area contributed by atoms with Gasteiger partial charge in [0.1, 0.15) is 5.75 Å². The fraction of sp³-hybridized carbons (Fsp3) is 0.154. The molecule has 4 nitrogen and oxygen atoms in total. The van der Waals surface area contributed by atoms with Gasteiger partial charge in [-0.25, -0.2) is 4.79 Å². The molecule has 0 unspecified atom stereocenters. The zero-order chi connectivity index (χ0) is 13.0. The van der Waals surface area contributed by atoms with Crippen LogP contribution in [-0.2, 0) is 5.75 Å². The van der Waals surface area contributed by atoms with Crippen molar-refractivity contribution < 1.29 is 19.1 Å². The van der Waals surface area contributed by atoms with Crippen LogP contribution in [0.5, 0.6) is 5.75 Å². The normalized spacial score (nSPS) is 10.3. The third-order valence-electron chi connectivity index (χ3n) is 2.31. The molecule has 1 N–H and O–H groups in total. The van der Waals surface area contributed by atoms with Gasteiger partial charge in [-0.3, -0.25) is 0 Å². The summed E-state index contributed by atoms with van der Waals surface area (Å²) in [5.41, 5.74) is 1.09. The van der Waals surface area contributed by atoms with Crippen LogP contribution >= 0.6 is 11.8 Å². The second-order valence-corrected chi connectivity index (χ2v) is 4.54. The number of methoxy groups -OCH3 is 1. The van der Waals surface area contributed by atoms with Crippen molar-refractivity contribution in [3.63, 3.8) is 0 Å². The number of ether oxygens (including phenoxy) is 1. The summed E-state index contributed by atoms with van der Waals surface area (Å²) in [6.07, 6.45) is 0. The number of carboxylic acids is 1. The Hall–Kier alpha value is -1.88. The summed E-state index contributed by atoms with van der Waals surface area (Å²) in [6, 6.07) is 10.8. The van der Waals surface area contributed by atoms with E-state index in [1.807, 2.05) is 24.3 Å². The molecule has 18 heavy (non-hydrogen) atoms. The summed E-state index contributed by atoms with van der Waals surface area (Å²) in [5.74, 6) is 0.411. The highest BCUT2D eigenvalue weighted by Gasteiger charge is 2.09. The van der Waals surface area contributed by atoms with Gasteiger partial charge >= 0.3 is 5.97 Å². The first-order chi connectivity index (χ1) is 8.69. The second-order valence-electron chi connectivity index (χ2n) is 3.56. The lowest BCUT2D eigenvalue weighted by Crippen LogP contribution is -1.91. The number of furan rings is 1. The number of hydrogen-bond acceptors (Lipinski definition) is 4. The van der Waals surface area contributed by atoms with Gasteiger partial charge in [-0.1, -0.05) is 23.9 Å². The maximum atomic E-state index is 10.7. The average Bonchev–Trinajstić information content (AvgIpc) is 2.85. The molecule has 0 aliphatic heterocycles. The van der Waals surface area contributed by atoms with Gasteiger partial charge in [0.2, 0.25) is 5.76 Å². The van der Waals surface area contributed by atoms with Crippen LogP contribution in [0.4, 0.5) is 0 Å². The molecule has 0 saturated carbocycles. The first kappa shape index (κ1) is 12.6. The van der Waals surface area contributed by atoms with Crippen molar-refractivity contribution in [2.45, 2.75) is 10.8 Å². The Morgan fingerprint density at radius 3 is 2.89 bits per heavy atom. The molecule has 1 aromatic carbocycles. The fourth-order valence-electron chi connectivity index (χ4n) is 1.43. The molecule has 2 aromatic rings. The minimum Gasteiger partial charge on any atom is -0.497 e. The topological polar surface area (TPSA) is 59.7 Å². The molecule has 0 amide bonds. The van der Waals surface area contributed by atoms with Crippen molar-refractivity contribution in [3.8, 4) is 5.75 Å². The molecule has 0 saturated heterocycles. The predicted molar refractivity (Wildman–Crippen MR) is 68.2 cm³/mol. The van der Waals surface area contributed by atoms with Gasteiger partial charge < -0.3 is 14.3 Å². The highest BCUT2D eigenvalue weighted by Crippen LogP contribution is 2.26. The molecule has 0 aliphatic carbocycles. The van der Waals surface area contributed by atoms with Gasteiger partial charge in [-0.2, -0.15) is 0 Å². The van der Waals surface area contributed by atoms with E-state index in [9.17, 15) is 4.79 Å². The number of thioether (sulfide) groups is 1. The molecule has 0 aliphatic rings. The summed E-state index contributed by atoms with van der Waals surface area (Å²) in [7, 11) is 1.62. The van der Waals surface area contributed by atoms with Gasteiger partial charge in [0.05, 0.1) is 7.11 Å². The Labute approximate surface area is 109 Å². The highest BCUT2D eigenvalue weighted by atomic mass is 32.2. The van der Waals surface area contributed by atoms with E-state index in [-0.39, 0.29) is 5.76 Å². The van der Waals surface area contributed by atoms with Crippen LogP contribution in [0.3, 0.4) is 0 Å². The van der Waals surface area contributed by atoms with Crippen molar-refractivity contribution in [1.29, 1.82) is 0 Å². The van der Waals surface area contributed by atoms with Crippen molar-refractivity contribution >= 4 is 17.7 Å². The lowest BCUT2D eigenvalue weighted by molar-refractivity contribution is 0.0656. The van der Waals surface area contributed by atoms with Crippen LogP contribution < -0.4 is 4.74 Å². The smallest absolute Gasteiger partial charge is 0.371 e. The van der Waals surface area contributed by atoms with E-state index in [0.717, 1.165) is 11.3 Å². The molecule has 0 bridgehead atoms. The molecular formula is C13H12O4S. The molecule has 0 atom stereocenters. The van der Waals surface area contributed by atoms with E-state index in [1.54, 1.807) is 13.2 Å². The van der Waals surface area contributed by atoms with E-state index in [1.165, 1.54) is 17.8 Å². The van der Waals surface area contributed by atoms with Crippen LogP contribution in [0.1, 0.15) is 16.1 Å². The van der Waals surface area contributed by atoms with E-state index in [0.29, 0.717) is 10.8 Å². The Bertz CT molecular complexity index is 547. The zero-order valence-electron chi connectivity index (χ0n) is 9.75. The lowest BCUT2D eigenvalue weighted by atomic mass is 10.2. The van der Waals surface area contributed by atoms with Crippen molar-refractivity contribution in [3.05, 3.63) is 47.7 Å². The molecule has 1 aromatic heterocycles. The third-order valence-corrected chi connectivity index (χ3v) is 3.29. The van der Waals surface area contributed by atoms with E-state index >= 15 is 0 Å². The molecule has 2 rings (SSSR count). The Kier molecular flexibility index (Phi) is 3.94. The SMILES string of the molecule is COc1cccc(CSc2ccc(C(=O)O)o2)c1. The predicted octanol–water partition coefficient (Wildman–Crippen LogP) is 3.28. The molecule has 5 heteroatoms. The molecule has 94 valence electrons. The standard InChI is InChI=1S/C13H12O4S/c1-16-10-4-2-3-9(7-10)8-18-12-6-5-11(17-12)13(14)15/h2-7H,8H2,1H3,(H,14,15). The lowest BCUT2D eigenvalue weighted by Gasteiger charge is -2.02. The number of rotatable bonds is 5. The van der Waals surface area contributed by atoms with Crippen molar-refractivity contribution in [2.24, 2.45) is 0 Å². The second kappa shape index (κ2) is 5.64. The van der Waals surface area contributed by atoms with Crippen LogP contribution in [0.2, 0.25) is 0 Å². The quantitative estimate of drug-likeness (QED) is 0.840. The summed E-state index contributed by atoms with van der Waals surface area (Å²) in [4.78, 5) is 10.7. The van der Waals surface area contributed by atoms with Gasteiger partial charge in [0.25, 0.3) is 0 Å². The van der Waals surface area contributed by atoms with E-state index in [4.69, 9.17) is 14.3 Å². The number of carbonyl (C=O) groups is 1. The monoisotopic (exact) mass is 264 g/mol. The van der Waals surface area contributed by atoms with Gasteiger partial charge in [0.15, 0.2) is 5.09 Å². The van der Waals surface area contributed by atoms with Crippen LogP contribution in [0, 0.1) is 0 Å². The molecule has 0 spiro atoms. The first-order valence-electron chi connectivity index (χ1n) is 5.28. The Morgan fingerprint density at radius 1 is 1.39 bits per heavy atom. The van der Waals surface area contributed by atoms with Gasteiger partial charge in [-0.05, 0) is 29.8 Å². The first-order valence-corrected chi connectivity index (χ1v) is 6.26. The molecular weight excluding hydrogens is 252 g/mol. The Balaban J connectivity index is 1.99. The number of hydrogen-bond donors (Lipinski definition) is 1. The molecule has 1 heterocycles. The summed E-state index contributed by atoms with van der Waals surface area (Å²) < 4.78 is 10.3. The Morgan fingerprint density at radius 2 is 2.22 bits per heavy atom. The van der Waals surface area contributed by atoms with Gasteiger partial charge in [0, 0.05) is 5.75 Å². The third kappa shape index (κ3) is 3.07. The number of aromatic carboxylic acids is 1. The van der Waals surface area contributed by atoms with Crippen molar-refractivity contribution in [1.82, 2.24) is 0 Å². The maximum absolute atomic E-state index is 10.7. The minimum atomic E-state index is -1.05. The minimum absolute atomic E-state index is 0.0388. The summed E-state index contributed by atoms with van der Waals surface area (Å²) in [6.45, 7) is 0. The highest BCUT2D eigenvalue weighted by molar-refractivity contribution is 7.98. The zero-order valence-corrected chi connectivity index (χ0v) is 10.6. The average molecular weight is 264 g/mol. The molecule has 0 radical (unpaired) electrons.